The van der Waals surface area contributed by atoms with Gasteiger partial charge in [0.25, 0.3) is 0 Å². The number of likely N-dealkylation sites (tertiary alicyclic amines) is 2. The Balaban J connectivity index is 1.61. The number of piperidine rings is 2. The summed E-state index contributed by atoms with van der Waals surface area (Å²) in [6.07, 6.45) is 5.65. The average molecular weight is 375 g/mol. The zero-order valence-electron chi connectivity index (χ0n) is 16.1. The van der Waals surface area contributed by atoms with Crippen LogP contribution in [0.1, 0.15) is 44.0 Å². The van der Waals surface area contributed by atoms with Crippen LogP contribution in [0.4, 0.5) is 0 Å². The number of nitrogens with two attached hydrogens (primary N) is 1. The van der Waals surface area contributed by atoms with Gasteiger partial charge in [0.1, 0.15) is 6.04 Å². The van der Waals surface area contributed by atoms with Crippen molar-refractivity contribution in [3.05, 3.63) is 23.8 Å². The van der Waals surface area contributed by atoms with E-state index in [1.165, 1.54) is 6.92 Å². The van der Waals surface area contributed by atoms with Gasteiger partial charge in [-0.3, -0.25) is 19.6 Å². The van der Waals surface area contributed by atoms with Crippen LogP contribution in [0.25, 0.3) is 0 Å². The molecule has 0 saturated carbocycles. The van der Waals surface area contributed by atoms with Crippen molar-refractivity contribution in [2.45, 2.75) is 58.2 Å². The predicted octanol–water partition coefficient (Wildman–Crippen LogP) is 0.224. The highest BCUT2D eigenvalue weighted by atomic mass is 16.3. The molecule has 1 spiro atoms. The molecule has 2 fully saturated rings. The minimum Gasteiger partial charge on any atom is -0.391 e. The van der Waals surface area contributed by atoms with Gasteiger partial charge in [0.15, 0.2) is 0 Å². The number of aliphatic hydroxyl groups excluding tert-OH is 1. The summed E-state index contributed by atoms with van der Waals surface area (Å²) in [6.45, 7) is 5.81. The molecule has 148 valence electrons. The fourth-order valence-corrected chi connectivity index (χ4v) is 3.97. The van der Waals surface area contributed by atoms with Crippen LogP contribution in [0.2, 0.25) is 0 Å². The Hall–Kier alpha value is -2.06. The Labute approximate surface area is 159 Å². The number of nitrogens with zero attached hydrogens (tertiary/aromatic N) is 4. The van der Waals surface area contributed by atoms with Crippen LogP contribution >= 0.6 is 0 Å². The maximum absolute atomic E-state index is 12.4. The molecule has 0 bridgehead atoms. The van der Waals surface area contributed by atoms with Crippen molar-refractivity contribution in [1.82, 2.24) is 19.8 Å². The standard InChI is InChI=1S/C19H29N5O3/c1-13-9-22-15(10-21-13)11-24-12-19(4-3-16(24)26)5-7-23(8-6-19)18(27)17(20)14(2)25/h9-10,14,17,25H,3-8,11-12,20H2,1-2H3/t14-,17+/m1/s1. The van der Waals surface area contributed by atoms with Gasteiger partial charge in [-0.1, -0.05) is 0 Å². The molecule has 1 aromatic rings. The number of aliphatic hydroxyl groups is 1. The molecule has 2 amide bonds. The fraction of sp³-hybridized carbons (Fsp3) is 0.684. The van der Waals surface area contributed by atoms with Gasteiger partial charge >= 0.3 is 0 Å². The molecule has 27 heavy (non-hydrogen) atoms. The summed E-state index contributed by atoms with van der Waals surface area (Å²) in [5.41, 5.74) is 7.48. The third-order valence-corrected chi connectivity index (χ3v) is 5.88. The van der Waals surface area contributed by atoms with Crippen molar-refractivity contribution in [1.29, 1.82) is 0 Å². The molecule has 1 aromatic heterocycles. The first kappa shape index (κ1) is 19.7. The Kier molecular flexibility index (Phi) is 5.76. The van der Waals surface area contributed by atoms with E-state index in [4.69, 9.17) is 5.73 Å². The molecule has 8 heteroatoms. The molecule has 0 radical (unpaired) electrons. The van der Waals surface area contributed by atoms with Crippen LogP contribution in [0.3, 0.4) is 0 Å². The van der Waals surface area contributed by atoms with Gasteiger partial charge in [0, 0.05) is 32.3 Å². The third kappa shape index (κ3) is 4.44. The topological polar surface area (TPSA) is 113 Å². The summed E-state index contributed by atoms with van der Waals surface area (Å²) >= 11 is 0. The van der Waals surface area contributed by atoms with E-state index in [-0.39, 0.29) is 17.2 Å². The molecule has 3 N–H and O–H groups in total. The highest BCUT2D eigenvalue weighted by molar-refractivity contribution is 5.82. The van der Waals surface area contributed by atoms with Gasteiger partial charge in [-0.25, -0.2) is 0 Å². The number of aromatic nitrogens is 2. The van der Waals surface area contributed by atoms with E-state index >= 15 is 0 Å². The summed E-state index contributed by atoms with van der Waals surface area (Å²) in [4.78, 5) is 37.0. The Morgan fingerprint density at radius 2 is 2.00 bits per heavy atom. The molecule has 2 aliphatic rings. The Morgan fingerprint density at radius 3 is 2.59 bits per heavy atom. The second kappa shape index (κ2) is 7.90. The highest BCUT2D eigenvalue weighted by Crippen LogP contribution is 2.40. The van der Waals surface area contributed by atoms with Crippen molar-refractivity contribution in [2.24, 2.45) is 11.1 Å². The molecular formula is C19H29N5O3. The van der Waals surface area contributed by atoms with Gasteiger partial charge in [0.2, 0.25) is 11.8 Å². The lowest BCUT2D eigenvalue weighted by molar-refractivity contribution is -0.144. The van der Waals surface area contributed by atoms with E-state index in [1.54, 1.807) is 17.3 Å². The highest BCUT2D eigenvalue weighted by Gasteiger charge is 2.42. The lowest BCUT2D eigenvalue weighted by atomic mass is 9.72. The van der Waals surface area contributed by atoms with E-state index in [0.29, 0.717) is 32.6 Å². The third-order valence-electron chi connectivity index (χ3n) is 5.88. The van der Waals surface area contributed by atoms with Crippen LogP contribution in [-0.2, 0) is 16.1 Å². The summed E-state index contributed by atoms with van der Waals surface area (Å²) < 4.78 is 0. The summed E-state index contributed by atoms with van der Waals surface area (Å²) in [5.74, 6) is -0.0452. The van der Waals surface area contributed by atoms with Crippen LogP contribution in [0.5, 0.6) is 0 Å². The maximum Gasteiger partial charge on any atom is 0.242 e. The molecule has 8 nitrogen and oxygen atoms in total. The number of carbonyl (C=O) groups excluding carboxylic acids is 2. The molecule has 0 unspecified atom stereocenters. The number of rotatable bonds is 4. The monoisotopic (exact) mass is 375 g/mol. The van der Waals surface area contributed by atoms with Gasteiger partial charge in [0.05, 0.1) is 30.2 Å². The van der Waals surface area contributed by atoms with Crippen LogP contribution < -0.4 is 5.73 Å². The first-order chi connectivity index (χ1) is 12.8. The Bertz CT molecular complexity index is 683. The second-order valence-electron chi connectivity index (χ2n) is 7.99. The minimum atomic E-state index is -0.872. The molecule has 3 rings (SSSR count). The van der Waals surface area contributed by atoms with Gasteiger partial charge in [-0.2, -0.15) is 0 Å². The molecule has 0 aliphatic carbocycles. The molecule has 2 saturated heterocycles. The minimum absolute atomic E-state index is 0.0394. The smallest absolute Gasteiger partial charge is 0.242 e. The van der Waals surface area contributed by atoms with Gasteiger partial charge in [-0.05, 0) is 38.5 Å². The van der Waals surface area contributed by atoms with Crippen LogP contribution in [0.15, 0.2) is 12.4 Å². The average Bonchev–Trinajstić information content (AvgIpc) is 2.66. The van der Waals surface area contributed by atoms with Gasteiger partial charge in [-0.15, -0.1) is 0 Å². The maximum atomic E-state index is 12.4. The lowest BCUT2D eigenvalue weighted by Crippen LogP contribution is -2.55. The summed E-state index contributed by atoms with van der Waals surface area (Å²) in [6, 6.07) is -0.872. The van der Waals surface area contributed by atoms with E-state index < -0.39 is 12.1 Å². The number of hydrogen-bond acceptors (Lipinski definition) is 6. The van der Waals surface area contributed by atoms with E-state index in [2.05, 4.69) is 9.97 Å². The molecule has 2 aliphatic heterocycles. The Morgan fingerprint density at radius 1 is 1.30 bits per heavy atom. The molecular weight excluding hydrogens is 346 g/mol. The van der Waals surface area contributed by atoms with Crippen molar-refractivity contribution in [3.63, 3.8) is 0 Å². The first-order valence-corrected chi connectivity index (χ1v) is 9.57. The largest absolute Gasteiger partial charge is 0.391 e. The number of carbonyl (C=O) groups is 2. The summed E-state index contributed by atoms with van der Waals surface area (Å²) in [7, 11) is 0. The van der Waals surface area contributed by atoms with Crippen molar-refractivity contribution in [2.75, 3.05) is 19.6 Å². The van der Waals surface area contributed by atoms with Crippen molar-refractivity contribution >= 4 is 11.8 Å². The molecule has 3 heterocycles. The lowest BCUT2D eigenvalue weighted by Gasteiger charge is -2.47. The van der Waals surface area contributed by atoms with E-state index in [1.807, 2.05) is 11.8 Å². The quantitative estimate of drug-likeness (QED) is 0.779. The van der Waals surface area contributed by atoms with Crippen molar-refractivity contribution in [3.8, 4) is 0 Å². The number of aryl methyl sites for hydroxylation is 1. The zero-order valence-corrected chi connectivity index (χ0v) is 16.1. The first-order valence-electron chi connectivity index (χ1n) is 9.57. The molecule has 2 atom stereocenters. The second-order valence-corrected chi connectivity index (χ2v) is 7.99. The summed E-state index contributed by atoms with van der Waals surface area (Å²) in [5, 5.41) is 9.56. The van der Waals surface area contributed by atoms with Crippen molar-refractivity contribution < 1.29 is 14.7 Å². The number of amides is 2. The normalized spacial score (nSPS) is 22.0. The van der Waals surface area contributed by atoms with E-state index in [9.17, 15) is 14.7 Å². The van der Waals surface area contributed by atoms with Gasteiger partial charge < -0.3 is 20.6 Å². The molecule has 0 aromatic carbocycles. The predicted molar refractivity (Wildman–Crippen MR) is 99.3 cm³/mol. The zero-order chi connectivity index (χ0) is 19.6. The fourth-order valence-electron chi connectivity index (χ4n) is 3.97. The van der Waals surface area contributed by atoms with Crippen LogP contribution in [-0.4, -0.2) is 68.5 Å². The SMILES string of the molecule is Cc1cnc(CN2CC3(CCC2=O)CCN(C(=O)[C@@H](N)[C@@H](C)O)CC3)cn1. The number of hydrogen-bond donors (Lipinski definition) is 2. The van der Waals surface area contributed by atoms with Crippen LogP contribution in [0, 0.1) is 12.3 Å². The van der Waals surface area contributed by atoms with E-state index in [0.717, 1.165) is 30.7 Å².